The van der Waals surface area contributed by atoms with Crippen LogP contribution < -0.4 is 4.57 Å². The Morgan fingerprint density at radius 3 is 1.97 bits per heavy atom. The highest BCUT2D eigenvalue weighted by Gasteiger charge is 2.10. The lowest BCUT2D eigenvalue weighted by molar-refractivity contribution is -0.645. The van der Waals surface area contributed by atoms with E-state index in [2.05, 4.69) is 106 Å². The summed E-state index contributed by atoms with van der Waals surface area (Å²) in [4.78, 5) is 0. The van der Waals surface area contributed by atoms with E-state index < -0.39 is 0 Å². The van der Waals surface area contributed by atoms with Gasteiger partial charge in [-0.2, -0.15) is 0 Å². The average molecular weight is 392 g/mol. The molecule has 0 atom stereocenters. The van der Waals surface area contributed by atoms with E-state index in [1.54, 1.807) is 0 Å². The van der Waals surface area contributed by atoms with E-state index in [1.165, 1.54) is 52.6 Å². The number of fused-ring (bicyclic) bond motifs is 1. The Labute approximate surface area is 178 Å². The van der Waals surface area contributed by atoms with Crippen LogP contribution in [0.25, 0.3) is 17.2 Å². The molecule has 0 fully saturated rings. The van der Waals surface area contributed by atoms with Crippen molar-refractivity contribution < 1.29 is 4.57 Å². The lowest BCUT2D eigenvalue weighted by atomic mass is 10.0. The normalized spacial score (nSPS) is 13.2. The molecule has 0 aliphatic rings. The molecule has 2 nitrogen and oxygen atoms in total. The van der Waals surface area contributed by atoms with E-state index in [-0.39, 0.29) is 0 Å². The molecule has 0 saturated heterocycles. The van der Waals surface area contributed by atoms with Gasteiger partial charge < -0.3 is 0 Å². The van der Waals surface area contributed by atoms with Crippen LogP contribution in [0.1, 0.15) is 73.1 Å². The van der Waals surface area contributed by atoms with Crippen molar-refractivity contribution in [3.05, 3.63) is 71.1 Å². The van der Waals surface area contributed by atoms with Gasteiger partial charge in [-0.05, 0) is 90.8 Å². The Kier molecular flexibility index (Phi) is 9.18. The summed E-state index contributed by atoms with van der Waals surface area (Å²) in [6.45, 7) is 11.1. The fourth-order valence-electron chi connectivity index (χ4n) is 3.58. The molecule has 29 heavy (non-hydrogen) atoms. The van der Waals surface area contributed by atoms with Crippen LogP contribution in [-0.4, -0.2) is 4.57 Å². The number of allylic oxidation sites excluding steroid dienone is 7. The highest BCUT2D eigenvalue weighted by Crippen LogP contribution is 2.16. The number of aromatic nitrogens is 2. The van der Waals surface area contributed by atoms with E-state index in [4.69, 9.17) is 0 Å². The van der Waals surface area contributed by atoms with Crippen LogP contribution in [-0.2, 0) is 7.05 Å². The van der Waals surface area contributed by atoms with Gasteiger partial charge in [-0.1, -0.05) is 47.1 Å². The van der Waals surface area contributed by atoms with E-state index in [9.17, 15) is 0 Å². The largest absolute Gasteiger partial charge is 0.249 e. The molecule has 0 aliphatic heterocycles. The van der Waals surface area contributed by atoms with Gasteiger partial charge in [0, 0.05) is 0 Å². The predicted molar refractivity (Wildman–Crippen MR) is 128 cm³/mol. The summed E-state index contributed by atoms with van der Waals surface area (Å²) >= 11 is 0. The minimum atomic E-state index is 1.10. The number of hydrogen-bond donors (Lipinski definition) is 0. The number of benzene rings is 1. The highest BCUT2D eigenvalue weighted by atomic mass is 15.1. The van der Waals surface area contributed by atoms with Gasteiger partial charge in [0.25, 0.3) is 0 Å². The van der Waals surface area contributed by atoms with Gasteiger partial charge in [-0.25, -0.2) is 9.13 Å². The van der Waals surface area contributed by atoms with Crippen molar-refractivity contribution in [3.63, 3.8) is 0 Å². The smallest absolute Gasteiger partial charge is 0.232 e. The molecule has 0 unspecified atom stereocenters. The third-order valence-electron chi connectivity index (χ3n) is 5.35. The van der Waals surface area contributed by atoms with Crippen LogP contribution in [0.3, 0.4) is 0 Å². The van der Waals surface area contributed by atoms with Crippen molar-refractivity contribution in [1.29, 1.82) is 0 Å². The van der Waals surface area contributed by atoms with Crippen molar-refractivity contribution in [1.82, 2.24) is 4.57 Å². The minimum Gasteiger partial charge on any atom is -0.232 e. The molecular formula is C27H39N2+. The molecule has 0 amide bonds. The molecule has 0 radical (unpaired) electrons. The molecule has 2 aromatic rings. The van der Waals surface area contributed by atoms with E-state index >= 15 is 0 Å². The molecule has 0 bridgehead atoms. The molecular weight excluding hydrogens is 352 g/mol. The maximum Gasteiger partial charge on any atom is 0.249 e. The standard InChI is InChI=1S/C27H39N2/c1-22(2)12-9-13-23(3)14-10-15-24(4)16-11-17-25(5)20-29-21-28(6)26-18-7-8-19-27(26)29/h7-8,12,14,16,18-21H,9-11,13,15,17H2,1-6H3/q+1/b23-14+,24-16+,25-20+. The lowest BCUT2D eigenvalue weighted by Crippen LogP contribution is -2.25. The molecule has 0 N–H and O–H groups in total. The number of nitrogens with zero attached hydrogens (tertiary/aromatic N) is 2. The Morgan fingerprint density at radius 2 is 1.34 bits per heavy atom. The first kappa shape index (κ1) is 22.9. The van der Waals surface area contributed by atoms with Crippen LogP contribution in [0, 0.1) is 0 Å². The van der Waals surface area contributed by atoms with Gasteiger partial charge in [0.05, 0.1) is 13.2 Å². The third kappa shape index (κ3) is 7.89. The number of hydrogen-bond acceptors (Lipinski definition) is 0. The van der Waals surface area contributed by atoms with Gasteiger partial charge in [0.1, 0.15) is 0 Å². The summed E-state index contributed by atoms with van der Waals surface area (Å²) in [7, 11) is 2.10. The van der Waals surface area contributed by atoms with Crippen molar-refractivity contribution in [2.45, 2.75) is 73.1 Å². The molecule has 0 saturated carbocycles. The second kappa shape index (κ2) is 11.6. The highest BCUT2D eigenvalue weighted by molar-refractivity contribution is 5.74. The Bertz CT molecular complexity index is 915. The Hall–Kier alpha value is -2.35. The summed E-state index contributed by atoms with van der Waals surface area (Å²) in [5.41, 5.74) is 8.36. The van der Waals surface area contributed by atoms with E-state index in [1.807, 2.05) is 0 Å². The van der Waals surface area contributed by atoms with Gasteiger partial charge in [-0.3, -0.25) is 0 Å². The van der Waals surface area contributed by atoms with Crippen molar-refractivity contribution in [2.75, 3.05) is 0 Å². The summed E-state index contributed by atoms with van der Waals surface area (Å²) in [5.74, 6) is 0. The molecule has 156 valence electrons. The number of imidazole rings is 1. The van der Waals surface area contributed by atoms with Crippen molar-refractivity contribution in [3.8, 4) is 0 Å². The summed E-state index contributed by atoms with van der Waals surface area (Å²) in [6.07, 6.45) is 18.5. The second-order valence-electron chi connectivity index (χ2n) is 8.60. The number of para-hydroxylation sites is 2. The predicted octanol–water partition coefficient (Wildman–Crippen LogP) is 7.53. The Balaban J connectivity index is 1.80. The first-order valence-electron chi connectivity index (χ1n) is 10.9. The molecule has 2 heteroatoms. The first-order chi connectivity index (χ1) is 13.9. The summed E-state index contributed by atoms with van der Waals surface area (Å²) in [5, 5.41) is 0. The molecule has 0 aliphatic carbocycles. The minimum absolute atomic E-state index is 1.10. The monoisotopic (exact) mass is 391 g/mol. The van der Waals surface area contributed by atoms with Crippen LogP contribution >= 0.6 is 0 Å². The molecule has 2 rings (SSSR count). The zero-order chi connectivity index (χ0) is 21.2. The van der Waals surface area contributed by atoms with Crippen LogP contribution in [0.4, 0.5) is 0 Å². The first-order valence-corrected chi connectivity index (χ1v) is 10.9. The van der Waals surface area contributed by atoms with Gasteiger partial charge in [-0.15, -0.1) is 0 Å². The molecule has 1 heterocycles. The molecule has 1 aromatic carbocycles. The average Bonchev–Trinajstić information content (AvgIpc) is 2.97. The van der Waals surface area contributed by atoms with Crippen LogP contribution in [0.2, 0.25) is 0 Å². The fraction of sp³-hybridized carbons (Fsp3) is 0.444. The van der Waals surface area contributed by atoms with Crippen LogP contribution in [0.5, 0.6) is 0 Å². The number of rotatable bonds is 10. The van der Waals surface area contributed by atoms with Gasteiger partial charge >= 0.3 is 0 Å². The SMILES string of the molecule is CC(C)=CCC/C(C)=C/CC/C(C)=C/CC/C(C)=C/n1c[n+](C)c2ccccc21. The fourth-order valence-corrected chi connectivity index (χ4v) is 3.58. The molecule has 1 aromatic heterocycles. The maximum absolute atomic E-state index is 2.42. The maximum atomic E-state index is 2.42. The Morgan fingerprint density at radius 1 is 0.793 bits per heavy atom. The topological polar surface area (TPSA) is 8.81 Å². The zero-order valence-corrected chi connectivity index (χ0v) is 19.3. The quantitative estimate of drug-likeness (QED) is 0.292. The zero-order valence-electron chi connectivity index (χ0n) is 19.3. The summed E-state index contributed by atoms with van der Waals surface area (Å²) < 4.78 is 4.42. The van der Waals surface area contributed by atoms with E-state index in [0.717, 1.165) is 19.3 Å². The van der Waals surface area contributed by atoms with Gasteiger partial charge in [0.2, 0.25) is 6.33 Å². The van der Waals surface area contributed by atoms with Crippen molar-refractivity contribution >= 4 is 17.2 Å². The third-order valence-corrected chi connectivity index (χ3v) is 5.35. The second-order valence-corrected chi connectivity index (χ2v) is 8.60. The lowest BCUT2D eigenvalue weighted by Gasteiger charge is -2.02. The van der Waals surface area contributed by atoms with E-state index in [0.29, 0.717) is 0 Å². The van der Waals surface area contributed by atoms with Gasteiger partial charge in [0.15, 0.2) is 11.0 Å². The van der Waals surface area contributed by atoms with Crippen LogP contribution in [0.15, 0.2) is 71.1 Å². The number of aryl methyl sites for hydroxylation is 1. The van der Waals surface area contributed by atoms with Crippen molar-refractivity contribution in [2.24, 2.45) is 7.05 Å². The molecule has 0 spiro atoms. The summed E-state index contributed by atoms with van der Waals surface area (Å²) in [6, 6.07) is 8.54.